The van der Waals surface area contributed by atoms with E-state index in [2.05, 4.69) is 16.0 Å². The van der Waals surface area contributed by atoms with Gasteiger partial charge in [-0.25, -0.2) is 14.8 Å². The first kappa shape index (κ1) is 21.1. The predicted octanol–water partition coefficient (Wildman–Crippen LogP) is 3.90. The molecule has 1 heterocycles. The highest BCUT2D eigenvalue weighted by molar-refractivity contribution is 7.98. The molecule has 1 aromatic heterocycles. The van der Waals surface area contributed by atoms with Crippen LogP contribution < -0.4 is 10.5 Å². The molecule has 0 aliphatic heterocycles. The topological polar surface area (TPSA) is 111 Å². The summed E-state index contributed by atoms with van der Waals surface area (Å²) in [5.74, 6) is 0.958. The van der Waals surface area contributed by atoms with Gasteiger partial charge >= 0.3 is 5.97 Å². The largest absolute Gasteiger partial charge is 0.487 e. The molecule has 30 heavy (non-hydrogen) atoms. The number of hydrogen-bond acceptors (Lipinski definition) is 8. The van der Waals surface area contributed by atoms with Crippen LogP contribution in [0.4, 0.5) is 5.82 Å². The number of nitrogens with zero attached hydrogens (tertiary/aromatic N) is 3. The molecule has 0 saturated carbocycles. The minimum Gasteiger partial charge on any atom is -0.487 e. The van der Waals surface area contributed by atoms with E-state index in [0.717, 1.165) is 11.1 Å². The highest BCUT2D eigenvalue weighted by Gasteiger charge is 2.14. The van der Waals surface area contributed by atoms with Gasteiger partial charge in [0.1, 0.15) is 35.5 Å². The third-order valence-electron chi connectivity index (χ3n) is 4.28. The van der Waals surface area contributed by atoms with Crippen molar-refractivity contribution in [3.8, 4) is 11.8 Å². The Balaban J connectivity index is 1.77. The zero-order chi connectivity index (χ0) is 21.5. The monoisotopic (exact) mass is 420 g/mol. The molecule has 8 heteroatoms. The summed E-state index contributed by atoms with van der Waals surface area (Å²) in [6.07, 6.45) is 0. The van der Waals surface area contributed by atoms with E-state index in [4.69, 9.17) is 15.2 Å². The predicted molar refractivity (Wildman–Crippen MR) is 114 cm³/mol. The quantitative estimate of drug-likeness (QED) is 0.348. The van der Waals surface area contributed by atoms with Crippen LogP contribution >= 0.6 is 11.8 Å². The number of anilines is 1. The standard InChI is InChI=1S/C22H20N4O3S/c1-14-6-3-4-9-19(14)29-12-18-17(11-23)20(24)26-22(25-18)30-13-15-7-5-8-16(10-15)21(27)28-2/h3-10H,12-13H2,1-2H3,(H2,24,25,26). The van der Waals surface area contributed by atoms with Gasteiger partial charge in [-0.2, -0.15) is 5.26 Å². The first-order valence-electron chi connectivity index (χ1n) is 9.06. The van der Waals surface area contributed by atoms with Crippen LogP contribution in [0.25, 0.3) is 0 Å². The van der Waals surface area contributed by atoms with E-state index in [0.29, 0.717) is 27.9 Å². The van der Waals surface area contributed by atoms with Gasteiger partial charge in [-0.1, -0.05) is 42.1 Å². The molecule has 3 rings (SSSR count). The number of nitrogens with two attached hydrogens (primary N) is 1. The van der Waals surface area contributed by atoms with Crippen molar-refractivity contribution in [1.29, 1.82) is 5.26 Å². The smallest absolute Gasteiger partial charge is 0.337 e. The molecule has 7 nitrogen and oxygen atoms in total. The average Bonchev–Trinajstić information content (AvgIpc) is 2.76. The number of carbonyl (C=O) groups is 1. The van der Waals surface area contributed by atoms with E-state index in [1.807, 2.05) is 37.3 Å². The average molecular weight is 420 g/mol. The summed E-state index contributed by atoms with van der Waals surface area (Å²) in [5, 5.41) is 9.87. The molecule has 0 bridgehead atoms. The number of nitrogen functional groups attached to an aromatic ring is 1. The van der Waals surface area contributed by atoms with Gasteiger partial charge in [0, 0.05) is 5.75 Å². The van der Waals surface area contributed by atoms with Gasteiger partial charge in [0.15, 0.2) is 5.16 Å². The second-order valence-corrected chi connectivity index (χ2v) is 7.30. The number of ether oxygens (including phenoxy) is 2. The third-order valence-corrected chi connectivity index (χ3v) is 5.20. The van der Waals surface area contributed by atoms with Crippen molar-refractivity contribution >= 4 is 23.5 Å². The van der Waals surface area contributed by atoms with Gasteiger partial charge in [0.25, 0.3) is 0 Å². The zero-order valence-electron chi connectivity index (χ0n) is 16.6. The van der Waals surface area contributed by atoms with Crippen molar-refractivity contribution in [2.45, 2.75) is 24.4 Å². The lowest BCUT2D eigenvalue weighted by molar-refractivity contribution is 0.0600. The SMILES string of the molecule is COC(=O)c1cccc(CSc2nc(N)c(C#N)c(COc3ccccc3C)n2)c1. The summed E-state index contributed by atoms with van der Waals surface area (Å²) < 4.78 is 10.6. The van der Waals surface area contributed by atoms with Crippen LogP contribution in [-0.4, -0.2) is 23.0 Å². The molecule has 2 aromatic carbocycles. The molecule has 0 aliphatic rings. The van der Waals surface area contributed by atoms with Gasteiger partial charge in [-0.3, -0.25) is 0 Å². The van der Waals surface area contributed by atoms with Crippen molar-refractivity contribution in [2.24, 2.45) is 0 Å². The minimum absolute atomic E-state index is 0.103. The van der Waals surface area contributed by atoms with E-state index in [1.54, 1.807) is 18.2 Å². The first-order valence-corrected chi connectivity index (χ1v) is 10.1. The highest BCUT2D eigenvalue weighted by Crippen LogP contribution is 2.25. The molecule has 2 N–H and O–H groups in total. The summed E-state index contributed by atoms with van der Waals surface area (Å²) in [4.78, 5) is 20.4. The fourth-order valence-electron chi connectivity index (χ4n) is 2.71. The molecule has 3 aromatic rings. The number of nitriles is 1. The van der Waals surface area contributed by atoms with Crippen molar-refractivity contribution in [3.63, 3.8) is 0 Å². The number of carbonyl (C=O) groups excluding carboxylic acids is 1. The maximum Gasteiger partial charge on any atom is 0.337 e. The van der Waals surface area contributed by atoms with E-state index >= 15 is 0 Å². The Kier molecular flexibility index (Phi) is 6.88. The Labute approximate surface area is 178 Å². The summed E-state index contributed by atoms with van der Waals surface area (Å²) in [5.41, 5.74) is 8.99. The normalized spacial score (nSPS) is 10.3. The van der Waals surface area contributed by atoms with E-state index in [-0.39, 0.29) is 18.0 Å². The Hall–Kier alpha value is -3.57. The van der Waals surface area contributed by atoms with Crippen molar-refractivity contribution in [1.82, 2.24) is 9.97 Å². The van der Waals surface area contributed by atoms with Crippen LogP contribution in [0.2, 0.25) is 0 Å². The highest BCUT2D eigenvalue weighted by atomic mass is 32.2. The lowest BCUT2D eigenvalue weighted by atomic mass is 10.1. The molecular formula is C22H20N4O3S. The third kappa shape index (κ3) is 5.07. The fraction of sp³-hybridized carbons (Fsp3) is 0.182. The lowest BCUT2D eigenvalue weighted by Crippen LogP contribution is -2.08. The molecule has 0 amide bonds. The van der Waals surface area contributed by atoms with Crippen LogP contribution in [0.3, 0.4) is 0 Å². The summed E-state index contributed by atoms with van der Waals surface area (Å²) in [7, 11) is 1.34. The molecule has 0 atom stereocenters. The molecule has 0 radical (unpaired) electrons. The lowest BCUT2D eigenvalue weighted by Gasteiger charge is -2.11. The molecule has 0 saturated heterocycles. The fourth-order valence-corrected chi connectivity index (χ4v) is 3.53. The summed E-state index contributed by atoms with van der Waals surface area (Å²) >= 11 is 1.35. The van der Waals surface area contributed by atoms with Gasteiger partial charge in [0.05, 0.1) is 12.7 Å². The second-order valence-electron chi connectivity index (χ2n) is 6.36. The minimum atomic E-state index is -0.392. The van der Waals surface area contributed by atoms with Crippen LogP contribution in [0.15, 0.2) is 53.7 Å². The first-order chi connectivity index (χ1) is 14.5. The van der Waals surface area contributed by atoms with Crippen LogP contribution in [0.1, 0.15) is 32.7 Å². The van der Waals surface area contributed by atoms with Crippen molar-refractivity contribution in [3.05, 3.63) is 76.5 Å². The molecule has 0 spiro atoms. The van der Waals surface area contributed by atoms with Crippen molar-refractivity contribution < 1.29 is 14.3 Å². The van der Waals surface area contributed by atoms with Gasteiger partial charge in [-0.15, -0.1) is 0 Å². The number of benzene rings is 2. The molecule has 0 unspecified atom stereocenters. The van der Waals surface area contributed by atoms with E-state index in [9.17, 15) is 10.1 Å². The van der Waals surface area contributed by atoms with E-state index < -0.39 is 5.97 Å². The second kappa shape index (κ2) is 9.76. The van der Waals surface area contributed by atoms with Gasteiger partial charge < -0.3 is 15.2 Å². The number of esters is 1. The number of aromatic nitrogens is 2. The number of aryl methyl sites for hydroxylation is 1. The Morgan fingerprint density at radius 2 is 2.00 bits per heavy atom. The van der Waals surface area contributed by atoms with Crippen LogP contribution in [0, 0.1) is 18.3 Å². The van der Waals surface area contributed by atoms with Crippen molar-refractivity contribution in [2.75, 3.05) is 12.8 Å². The van der Waals surface area contributed by atoms with Crippen LogP contribution in [0.5, 0.6) is 5.75 Å². The maximum atomic E-state index is 11.7. The zero-order valence-corrected chi connectivity index (χ0v) is 17.4. The molecule has 152 valence electrons. The Bertz CT molecular complexity index is 1110. The number of thioether (sulfide) groups is 1. The number of para-hydroxylation sites is 1. The Morgan fingerprint density at radius 3 is 2.73 bits per heavy atom. The van der Waals surface area contributed by atoms with Gasteiger partial charge in [-0.05, 0) is 36.2 Å². The molecule has 0 fully saturated rings. The number of methoxy groups -OCH3 is 1. The Morgan fingerprint density at radius 1 is 1.20 bits per heavy atom. The number of rotatable bonds is 7. The maximum absolute atomic E-state index is 11.7. The summed E-state index contributed by atoms with van der Waals surface area (Å²) in [6.45, 7) is 2.05. The van der Waals surface area contributed by atoms with E-state index in [1.165, 1.54) is 18.9 Å². The molecule has 0 aliphatic carbocycles. The summed E-state index contributed by atoms with van der Waals surface area (Å²) in [6, 6.07) is 16.8. The molecular weight excluding hydrogens is 400 g/mol. The van der Waals surface area contributed by atoms with Crippen LogP contribution in [-0.2, 0) is 17.1 Å². The van der Waals surface area contributed by atoms with Gasteiger partial charge in [0.2, 0.25) is 0 Å². The number of hydrogen-bond donors (Lipinski definition) is 1.